The van der Waals surface area contributed by atoms with E-state index in [9.17, 15) is 13.6 Å². The molecule has 2 aromatic rings. The van der Waals surface area contributed by atoms with Gasteiger partial charge in [0.25, 0.3) is 0 Å². The summed E-state index contributed by atoms with van der Waals surface area (Å²) < 4.78 is 30.2. The van der Waals surface area contributed by atoms with Crippen molar-refractivity contribution in [1.29, 1.82) is 0 Å². The normalized spacial score (nSPS) is 11.3. The number of aryl methyl sites for hydroxylation is 1. The molecule has 0 saturated carbocycles. The molecule has 134 valence electrons. The third-order valence-electron chi connectivity index (χ3n) is 3.48. The Morgan fingerprint density at radius 2 is 2.08 bits per heavy atom. The van der Waals surface area contributed by atoms with Gasteiger partial charge in [0.15, 0.2) is 0 Å². The highest BCUT2D eigenvalue weighted by molar-refractivity contribution is 6.31. The van der Waals surface area contributed by atoms with Crippen LogP contribution in [-0.4, -0.2) is 34.2 Å². The maximum absolute atomic E-state index is 12.2. The van der Waals surface area contributed by atoms with Crippen LogP contribution in [0, 0.1) is 0 Å². The largest absolute Gasteiger partial charge is 0.435 e. The Morgan fingerprint density at radius 3 is 2.68 bits per heavy atom. The van der Waals surface area contributed by atoms with Crippen molar-refractivity contribution in [2.45, 2.75) is 26.6 Å². The smallest absolute Gasteiger partial charge is 0.387 e. The third kappa shape index (κ3) is 5.29. The molecule has 0 aliphatic heterocycles. The lowest BCUT2D eigenvalue weighted by Gasteiger charge is -2.16. The molecule has 0 aliphatic carbocycles. The summed E-state index contributed by atoms with van der Waals surface area (Å²) in [4.78, 5) is 13.7. The van der Waals surface area contributed by atoms with Gasteiger partial charge in [-0.05, 0) is 30.7 Å². The van der Waals surface area contributed by atoms with Gasteiger partial charge in [-0.25, -0.2) is 0 Å². The Balaban J connectivity index is 1.98. The summed E-state index contributed by atoms with van der Waals surface area (Å²) in [6.07, 6.45) is 4.56. The second-order valence-electron chi connectivity index (χ2n) is 5.23. The van der Waals surface area contributed by atoms with E-state index in [0.29, 0.717) is 23.7 Å². The zero-order valence-corrected chi connectivity index (χ0v) is 14.6. The van der Waals surface area contributed by atoms with Crippen molar-refractivity contribution in [3.05, 3.63) is 52.8 Å². The molecule has 1 amide bonds. The molecule has 2 rings (SSSR count). The van der Waals surface area contributed by atoms with Crippen LogP contribution < -0.4 is 4.74 Å². The molecule has 8 heteroatoms. The van der Waals surface area contributed by atoms with Gasteiger partial charge in [0, 0.05) is 19.7 Å². The molecule has 1 aromatic heterocycles. The van der Waals surface area contributed by atoms with E-state index < -0.39 is 6.61 Å². The number of benzene rings is 1. The number of ether oxygens (including phenoxy) is 1. The molecule has 0 saturated heterocycles. The van der Waals surface area contributed by atoms with Crippen LogP contribution in [0.15, 0.2) is 36.5 Å². The van der Waals surface area contributed by atoms with E-state index >= 15 is 0 Å². The molecule has 0 spiro atoms. The number of halogens is 3. The molecule has 0 radical (unpaired) electrons. The van der Waals surface area contributed by atoms with E-state index in [0.717, 1.165) is 5.69 Å². The van der Waals surface area contributed by atoms with Crippen molar-refractivity contribution in [3.8, 4) is 5.75 Å². The van der Waals surface area contributed by atoms with Crippen LogP contribution in [0.4, 0.5) is 8.78 Å². The number of nitrogens with zero attached hydrogens (tertiary/aromatic N) is 3. The van der Waals surface area contributed by atoms with Crippen LogP contribution in [0.1, 0.15) is 18.2 Å². The lowest BCUT2D eigenvalue weighted by molar-refractivity contribution is -0.125. The Bertz CT molecular complexity index is 745. The molecular formula is C17H18ClF2N3O2. The van der Waals surface area contributed by atoms with Crippen molar-refractivity contribution in [1.82, 2.24) is 14.7 Å². The van der Waals surface area contributed by atoms with Crippen molar-refractivity contribution >= 4 is 23.6 Å². The molecular weight excluding hydrogens is 352 g/mol. The zero-order valence-electron chi connectivity index (χ0n) is 13.8. The molecule has 0 aliphatic rings. The maximum atomic E-state index is 12.2. The first-order chi connectivity index (χ1) is 11.9. The fourth-order valence-corrected chi connectivity index (χ4v) is 2.38. The first-order valence-corrected chi connectivity index (χ1v) is 7.96. The Hall–Kier alpha value is -2.41. The molecule has 0 unspecified atom stereocenters. The van der Waals surface area contributed by atoms with E-state index in [1.54, 1.807) is 36.1 Å². The first kappa shape index (κ1) is 18.9. The SMILES string of the molecule is CCn1ncc(Cl)c1CN(C)C(=O)/C=C\c1ccc(OC(F)F)cc1. The number of hydrogen-bond acceptors (Lipinski definition) is 3. The molecule has 0 N–H and O–H groups in total. The van der Waals surface area contributed by atoms with Gasteiger partial charge >= 0.3 is 6.61 Å². The molecule has 0 fully saturated rings. The number of aromatic nitrogens is 2. The molecule has 1 heterocycles. The summed E-state index contributed by atoms with van der Waals surface area (Å²) >= 11 is 6.09. The molecule has 0 bridgehead atoms. The standard InChI is InChI=1S/C17H18ClF2N3O2/c1-3-23-15(14(18)10-21-23)11-22(2)16(24)9-6-12-4-7-13(8-5-12)25-17(19)20/h4-10,17H,3,11H2,1-2H3/b9-6-. The summed E-state index contributed by atoms with van der Waals surface area (Å²) in [7, 11) is 1.66. The summed E-state index contributed by atoms with van der Waals surface area (Å²) in [5.41, 5.74) is 1.46. The number of alkyl halides is 2. The summed E-state index contributed by atoms with van der Waals surface area (Å²) in [6, 6.07) is 6.01. The van der Waals surface area contributed by atoms with Gasteiger partial charge in [-0.3, -0.25) is 9.48 Å². The minimum atomic E-state index is -2.86. The monoisotopic (exact) mass is 369 g/mol. The number of amides is 1. The summed E-state index contributed by atoms with van der Waals surface area (Å²) in [5.74, 6) is -0.147. The number of rotatable bonds is 7. The van der Waals surface area contributed by atoms with Crippen LogP contribution in [0.2, 0.25) is 5.02 Å². The summed E-state index contributed by atoms with van der Waals surface area (Å²) in [6.45, 7) is 0.0694. The second-order valence-corrected chi connectivity index (χ2v) is 5.64. The predicted molar refractivity (Wildman–Crippen MR) is 91.5 cm³/mol. The van der Waals surface area contributed by atoms with Gasteiger partial charge in [-0.1, -0.05) is 23.7 Å². The minimum absolute atomic E-state index is 0.0677. The van der Waals surface area contributed by atoms with E-state index in [2.05, 4.69) is 9.84 Å². The van der Waals surface area contributed by atoms with E-state index in [4.69, 9.17) is 11.6 Å². The average molecular weight is 370 g/mol. The number of hydrogen-bond donors (Lipinski definition) is 0. The predicted octanol–water partition coefficient (Wildman–Crippen LogP) is 3.83. The van der Waals surface area contributed by atoms with Gasteiger partial charge in [-0.15, -0.1) is 0 Å². The molecule has 0 atom stereocenters. The first-order valence-electron chi connectivity index (χ1n) is 7.59. The Morgan fingerprint density at radius 1 is 1.40 bits per heavy atom. The topological polar surface area (TPSA) is 47.4 Å². The maximum Gasteiger partial charge on any atom is 0.387 e. The van der Waals surface area contributed by atoms with Crippen molar-refractivity contribution < 1.29 is 18.3 Å². The molecule has 1 aromatic carbocycles. The van der Waals surface area contributed by atoms with Crippen LogP contribution in [0.25, 0.3) is 6.08 Å². The fraction of sp³-hybridized carbons (Fsp3) is 0.294. The van der Waals surface area contributed by atoms with Gasteiger partial charge in [0.1, 0.15) is 5.75 Å². The fourth-order valence-electron chi connectivity index (χ4n) is 2.18. The number of likely N-dealkylation sites (N-methyl/N-ethyl adjacent to an activating group) is 1. The van der Waals surface area contributed by atoms with Crippen LogP contribution in [-0.2, 0) is 17.9 Å². The highest BCUT2D eigenvalue weighted by Crippen LogP contribution is 2.18. The third-order valence-corrected chi connectivity index (χ3v) is 3.80. The highest BCUT2D eigenvalue weighted by Gasteiger charge is 2.13. The Kier molecular flexibility index (Phi) is 6.52. The molecule has 25 heavy (non-hydrogen) atoms. The average Bonchev–Trinajstić information content (AvgIpc) is 2.93. The highest BCUT2D eigenvalue weighted by atomic mass is 35.5. The second kappa shape index (κ2) is 8.62. The summed E-state index contributed by atoms with van der Waals surface area (Å²) in [5, 5.41) is 4.65. The van der Waals surface area contributed by atoms with E-state index in [-0.39, 0.29) is 11.7 Å². The Labute approximate surface area is 149 Å². The lowest BCUT2D eigenvalue weighted by atomic mass is 10.2. The van der Waals surface area contributed by atoms with Crippen molar-refractivity contribution in [2.75, 3.05) is 7.05 Å². The lowest BCUT2D eigenvalue weighted by Crippen LogP contribution is -2.25. The van der Waals surface area contributed by atoms with Crippen LogP contribution in [0.3, 0.4) is 0 Å². The number of carbonyl (C=O) groups excluding carboxylic acids is 1. The minimum Gasteiger partial charge on any atom is -0.435 e. The van der Waals surface area contributed by atoms with Crippen LogP contribution in [0.5, 0.6) is 5.75 Å². The van der Waals surface area contributed by atoms with E-state index in [1.165, 1.54) is 23.1 Å². The number of carbonyl (C=O) groups is 1. The van der Waals surface area contributed by atoms with Gasteiger partial charge in [-0.2, -0.15) is 13.9 Å². The zero-order chi connectivity index (χ0) is 18.4. The quantitative estimate of drug-likeness (QED) is 0.697. The van der Waals surface area contributed by atoms with Crippen LogP contribution >= 0.6 is 11.6 Å². The van der Waals surface area contributed by atoms with E-state index in [1.807, 2.05) is 6.92 Å². The molecule has 5 nitrogen and oxygen atoms in total. The van der Waals surface area contributed by atoms with Crippen molar-refractivity contribution in [3.63, 3.8) is 0 Å². The van der Waals surface area contributed by atoms with Gasteiger partial charge < -0.3 is 9.64 Å². The van der Waals surface area contributed by atoms with Gasteiger partial charge in [0.05, 0.1) is 23.5 Å². The van der Waals surface area contributed by atoms with Crippen molar-refractivity contribution in [2.24, 2.45) is 0 Å². The van der Waals surface area contributed by atoms with Gasteiger partial charge in [0.2, 0.25) is 5.91 Å².